The van der Waals surface area contributed by atoms with E-state index in [1.165, 1.54) is 18.2 Å². The first-order valence-corrected chi connectivity index (χ1v) is 4.46. The van der Waals surface area contributed by atoms with E-state index in [9.17, 15) is 14.7 Å². The average Bonchev–Trinajstić information content (AvgIpc) is 2.20. The van der Waals surface area contributed by atoms with Gasteiger partial charge in [0, 0.05) is 6.42 Å². The van der Waals surface area contributed by atoms with E-state index in [1.54, 1.807) is 0 Å². The molecule has 0 radical (unpaired) electrons. The summed E-state index contributed by atoms with van der Waals surface area (Å²) in [5.41, 5.74) is 5.22. The Kier molecular flexibility index (Phi) is 3.47. The van der Waals surface area contributed by atoms with Crippen molar-refractivity contribution in [2.75, 3.05) is 0 Å². The normalized spacial score (nSPS) is 12.1. The number of aliphatic carboxylic acids is 1. The molecule has 16 heavy (non-hydrogen) atoms. The van der Waals surface area contributed by atoms with Crippen molar-refractivity contribution in [3.63, 3.8) is 0 Å². The standard InChI is InChI=1S/C10H11NO5/c11-7(10(15)16)4-5-2-1-3-6(8(5)12)9(13)14/h1-3,7,12H,4,11H2,(H,13,14)(H,15,16)/t7-/m0/s1. The van der Waals surface area contributed by atoms with Gasteiger partial charge in [-0.3, -0.25) is 4.79 Å². The Balaban J connectivity index is 3.02. The molecular weight excluding hydrogens is 214 g/mol. The van der Waals surface area contributed by atoms with Gasteiger partial charge in [0.15, 0.2) is 0 Å². The Morgan fingerprint density at radius 1 is 1.31 bits per heavy atom. The first kappa shape index (κ1) is 12.0. The summed E-state index contributed by atoms with van der Waals surface area (Å²) in [6.07, 6.45) is -0.123. The quantitative estimate of drug-likeness (QED) is 0.574. The van der Waals surface area contributed by atoms with Crippen molar-refractivity contribution in [3.05, 3.63) is 29.3 Å². The van der Waals surface area contributed by atoms with Crippen LogP contribution in [0.15, 0.2) is 18.2 Å². The third kappa shape index (κ3) is 2.48. The predicted octanol–water partition coefficient (Wildman–Crippen LogP) is 0.0448. The van der Waals surface area contributed by atoms with Gasteiger partial charge in [-0.25, -0.2) is 4.79 Å². The number of carboxylic acids is 2. The topological polar surface area (TPSA) is 121 Å². The largest absolute Gasteiger partial charge is 0.507 e. The highest BCUT2D eigenvalue weighted by atomic mass is 16.4. The fourth-order valence-electron chi connectivity index (χ4n) is 1.25. The number of carboxylic acid groups (broad SMARTS) is 2. The van der Waals surface area contributed by atoms with Gasteiger partial charge in [0.1, 0.15) is 17.4 Å². The summed E-state index contributed by atoms with van der Waals surface area (Å²) in [5, 5.41) is 26.9. The highest BCUT2D eigenvalue weighted by Gasteiger charge is 2.18. The number of aromatic hydroxyl groups is 1. The van der Waals surface area contributed by atoms with E-state index in [4.69, 9.17) is 15.9 Å². The molecule has 1 aromatic rings. The van der Waals surface area contributed by atoms with Crippen LogP contribution in [0.4, 0.5) is 0 Å². The highest BCUT2D eigenvalue weighted by molar-refractivity contribution is 5.91. The summed E-state index contributed by atoms with van der Waals surface area (Å²) in [6.45, 7) is 0. The molecule has 0 aromatic heterocycles. The SMILES string of the molecule is N[C@@H](Cc1cccc(C(=O)O)c1O)C(=O)O. The van der Waals surface area contributed by atoms with Gasteiger partial charge in [-0.2, -0.15) is 0 Å². The van der Waals surface area contributed by atoms with Crippen molar-refractivity contribution in [2.45, 2.75) is 12.5 Å². The summed E-state index contributed by atoms with van der Waals surface area (Å²) in [6, 6.07) is 2.92. The van der Waals surface area contributed by atoms with Crippen LogP contribution in [0.5, 0.6) is 5.75 Å². The molecular formula is C10H11NO5. The lowest BCUT2D eigenvalue weighted by Crippen LogP contribution is -2.32. The van der Waals surface area contributed by atoms with Crippen molar-refractivity contribution in [1.82, 2.24) is 0 Å². The molecule has 0 aliphatic heterocycles. The summed E-state index contributed by atoms with van der Waals surface area (Å²) in [4.78, 5) is 21.2. The number of hydrogen-bond acceptors (Lipinski definition) is 4. The van der Waals surface area contributed by atoms with Gasteiger partial charge in [0.2, 0.25) is 0 Å². The third-order valence-electron chi connectivity index (χ3n) is 2.11. The molecule has 86 valence electrons. The molecule has 0 unspecified atom stereocenters. The zero-order valence-corrected chi connectivity index (χ0v) is 8.25. The summed E-state index contributed by atoms with van der Waals surface area (Å²) >= 11 is 0. The van der Waals surface area contributed by atoms with Gasteiger partial charge < -0.3 is 21.1 Å². The third-order valence-corrected chi connectivity index (χ3v) is 2.11. The molecule has 0 amide bonds. The first-order valence-electron chi connectivity index (χ1n) is 4.46. The molecule has 6 nitrogen and oxygen atoms in total. The van der Waals surface area contributed by atoms with Gasteiger partial charge in [0.25, 0.3) is 0 Å². The molecule has 1 atom stereocenters. The van der Waals surface area contributed by atoms with Crippen molar-refractivity contribution < 1.29 is 24.9 Å². The molecule has 1 aromatic carbocycles. The minimum atomic E-state index is -1.27. The monoisotopic (exact) mass is 225 g/mol. The van der Waals surface area contributed by atoms with E-state index in [-0.39, 0.29) is 17.5 Å². The number of aromatic carboxylic acids is 1. The zero-order chi connectivity index (χ0) is 12.3. The molecule has 0 fully saturated rings. The molecule has 0 spiro atoms. The Hall–Kier alpha value is -2.08. The number of benzene rings is 1. The Labute approximate surface area is 90.9 Å². The number of rotatable bonds is 4. The fourth-order valence-corrected chi connectivity index (χ4v) is 1.25. The van der Waals surface area contributed by atoms with Crippen molar-refractivity contribution in [1.29, 1.82) is 0 Å². The van der Waals surface area contributed by atoms with E-state index in [0.29, 0.717) is 0 Å². The van der Waals surface area contributed by atoms with Crippen molar-refractivity contribution in [3.8, 4) is 5.75 Å². The zero-order valence-electron chi connectivity index (χ0n) is 8.25. The lowest BCUT2D eigenvalue weighted by Gasteiger charge is -2.09. The Morgan fingerprint density at radius 2 is 1.94 bits per heavy atom. The van der Waals surface area contributed by atoms with Crippen LogP contribution in [0.1, 0.15) is 15.9 Å². The predicted molar refractivity (Wildman–Crippen MR) is 54.4 cm³/mol. The minimum absolute atomic E-state index is 0.123. The lowest BCUT2D eigenvalue weighted by molar-refractivity contribution is -0.138. The Morgan fingerprint density at radius 3 is 2.44 bits per heavy atom. The smallest absolute Gasteiger partial charge is 0.339 e. The van der Waals surface area contributed by atoms with E-state index < -0.39 is 23.7 Å². The molecule has 0 bridgehead atoms. The van der Waals surface area contributed by atoms with Gasteiger partial charge in [-0.15, -0.1) is 0 Å². The molecule has 0 aliphatic rings. The van der Waals surface area contributed by atoms with Gasteiger partial charge in [-0.1, -0.05) is 12.1 Å². The second-order valence-corrected chi connectivity index (χ2v) is 3.27. The lowest BCUT2D eigenvalue weighted by atomic mass is 10.0. The molecule has 0 aliphatic carbocycles. The summed E-state index contributed by atoms with van der Waals surface area (Å²) < 4.78 is 0. The summed E-state index contributed by atoms with van der Waals surface area (Å²) in [7, 11) is 0. The number of hydrogen-bond donors (Lipinski definition) is 4. The maximum absolute atomic E-state index is 10.7. The molecule has 5 N–H and O–H groups in total. The van der Waals surface area contributed by atoms with Crippen LogP contribution in [-0.4, -0.2) is 33.3 Å². The summed E-state index contributed by atoms with van der Waals surface area (Å²) in [5.74, 6) is -2.92. The molecule has 0 heterocycles. The second kappa shape index (κ2) is 4.63. The van der Waals surface area contributed by atoms with Crippen LogP contribution in [0.2, 0.25) is 0 Å². The van der Waals surface area contributed by atoms with Crippen LogP contribution >= 0.6 is 0 Å². The van der Waals surface area contributed by atoms with E-state index in [0.717, 1.165) is 0 Å². The van der Waals surface area contributed by atoms with Crippen LogP contribution < -0.4 is 5.73 Å². The van der Waals surface area contributed by atoms with Gasteiger partial charge in [-0.05, 0) is 11.6 Å². The van der Waals surface area contributed by atoms with Crippen LogP contribution in [-0.2, 0) is 11.2 Å². The number of phenols is 1. The molecule has 0 saturated carbocycles. The van der Waals surface area contributed by atoms with Crippen LogP contribution in [0, 0.1) is 0 Å². The minimum Gasteiger partial charge on any atom is -0.507 e. The van der Waals surface area contributed by atoms with Crippen LogP contribution in [0.3, 0.4) is 0 Å². The maximum atomic E-state index is 10.7. The number of nitrogens with two attached hydrogens (primary N) is 1. The van der Waals surface area contributed by atoms with Crippen molar-refractivity contribution >= 4 is 11.9 Å². The van der Waals surface area contributed by atoms with Gasteiger partial charge >= 0.3 is 11.9 Å². The number of para-hydroxylation sites is 1. The number of carbonyl (C=O) groups is 2. The molecule has 1 rings (SSSR count). The molecule has 0 saturated heterocycles. The average molecular weight is 225 g/mol. The van der Waals surface area contributed by atoms with Gasteiger partial charge in [0.05, 0.1) is 0 Å². The second-order valence-electron chi connectivity index (χ2n) is 3.27. The van der Waals surface area contributed by atoms with E-state index >= 15 is 0 Å². The Bertz CT molecular complexity index is 429. The van der Waals surface area contributed by atoms with Crippen molar-refractivity contribution in [2.24, 2.45) is 5.73 Å². The first-order chi connectivity index (χ1) is 7.43. The highest BCUT2D eigenvalue weighted by Crippen LogP contribution is 2.23. The fraction of sp³-hybridized carbons (Fsp3) is 0.200. The van der Waals surface area contributed by atoms with E-state index in [2.05, 4.69) is 0 Å². The van der Waals surface area contributed by atoms with E-state index in [1.807, 2.05) is 0 Å². The van der Waals surface area contributed by atoms with Crippen LogP contribution in [0.25, 0.3) is 0 Å². The maximum Gasteiger partial charge on any atom is 0.339 e. The molecule has 6 heteroatoms.